The maximum Gasteiger partial charge on any atom is 0.416 e. The minimum Gasteiger partial charge on any atom is -0.504 e. The Morgan fingerprint density at radius 2 is 1.82 bits per heavy atom. The molecule has 5 aromatic rings. The maximum atomic E-state index is 14.6. The van der Waals surface area contributed by atoms with E-state index in [1.807, 2.05) is 6.92 Å². The number of halogens is 5. The van der Waals surface area contributed by atoms with Crippen LogP contribution in [0.4, 0.5) is 24.7 Å². The number of hydrogen-bond acceptors (Lipinski definition) is 10. The van der Waals surface area contributed by atoms with Gasteiger partial charge in [-0.15, -0.1) is 5.10 Å². The molecule has 4 aromatic heterocycles. The van der Waals surface area contributed by atoms with Crippen LogP contribution in [0.15, 0.2) is 41.6 Å². The first-order valence-corrected chi connectivity index (χ1v) is 18.3. The number of piperidine rings is 1. The summed E-state index contributed by atoms with van der Waals surface area (Å²) in [7, 11) is 0. The highest BCUT2D eigenvalue weighted by molar-refractivity contribution is 6.34. The summed E-state index contributed by atoms with van der Waals surface area (Å²) in [6.45, 7) is 3.64. The van der Waals surface area contributed by atoms with Crippen LogP contribution in [0.2, 0.25) is 10.0 Å². The first kappa shape index (κ1) is 36.7. The van der Waals surface area contributed by atoms with Crippen LogP contribution in [-0.2, 0) is 22.9 Å². The molecule has 1 atom stereocenters. The number of aromatic nitrogens is 7. The fourth-order valence-electron chi connectivity index (χ4n) is 7.73. The number of rotatable bonds is 7. The summed E-state index contributed by atoms with van der Waals surface area (Å²) in [5.41, 5.74) is -0.515. The topological polar surface area (TPSA) is 173 Å². The average Bonchev–Trinajstić information content (AvgIpc) is 3.76. The Morgan fingerprint density at radius 3 is 2.49 bits per heavy atom. The smallest absolute Gasteiger partial charge is 0.416 e. The van der Waals surface area contributed by atoms with Crippen LogP contribution >= 0.6 is 23.2 Å². The molecule has 1 aromatic carbocycles. The van der Waals surface area contributed by atoms with Crippen molar-refractivity contribution in [3.63, 3.8) is 0 Å². The zero-order chi connectivity index (χ0) is 39.0. The molecule has 3 N–H and O–H groups in total. The third-order valence-corrected chi connectivity index (χ3v) is 11.2. The summed E-state index contributed by atoms with van der Waals surface area (Å²) in [5, 5.41) is 21.0. The van der Waals surface area contributed by atoms with E-state index in [2.05, 4.69) is 30.7 Å². The first-order chi connectivity index (χ1) is 26.1. The number of aromatic hydroxyl groups is 1. The number of nitrogens with zero attached hydrogens (tertiary/aromatic N) is 8. The third kappa shape index (κ3) is 6.62. The van der Waals surface area contributed by atoms with Crippen LogP contribution in [0.3, 0.4) is 0 Å². The lowest BCUT2D eigenvalue weighted by Crippen LogP contribution is -2.46. The van der Waals surface area contributed by atoms with Crippen molar-refractivity contribution in [1.82, 2.24) is 39.0 Å². The average molecular weight is 798 g/mol. The molecule has 2 amide bonds. The number of carbonyl (C=O) groups is 2. The van der Waals surface area contributed by atoms with Gasteiger partial charge in [-0.1, -0.05) is 30.1 Å². The van der Waals surface area contributed by atoms with E-state index in [0.29, 0.717) is 53.0 Å². The second-order valence-electron chi connectivity index (χ2n) is 14.3. The molecule has 1 spiro atoms. The number of hydrogen-bond donors (Lipinski definition) is 3. The summed E-state index contributed by atoms with van der Waals surface area (Å²) >= 11 is 12.7. The second kappa shape index (κ2) is 13.5. The fourth-order valence-corrected chi connectivity index (χ4v) is 8.17. The van der Waals surface area contributed by atoms with E-state index in [0.717, 1.165) is 35.6 Å². The highest BCUT2D eigenvalue weighted by Crippen LogP contribution is 2.50. The van der Waals surface area contributed by atoms with Crippen molar-refractivity contribution < 1.29 is 27.9 Å². The summed E-state index contributed by atoms with van der Waals surface area (Å²) in [6.07, 6.45) is 1.48. The van der Waals surface area contributed by atoms with Crippen LogP contribution < -0.4 is 16.2 Å². The highest BCUT2D eigenvalue weighted by Gasteiger charge is 2.49. The van der Waals surface area contributed by atoms with Crippen molar-refractivity contribution in [2.75, 3.05) is 23.7 Å². The van der Waals surface area contributed by atoms with Crippen LogP contribution in [0.25, 0.3) is 17.2 Å². The number of anilines is 2. The van der Waals surface area contributed by atoms with Gasteiger partial charge in [-0.3, -0.25) is 14.4 Å². The van der Waals surface area contributed by atoms with Crippen molar-refractivity contribution >= 4 is 52.3 Å². The van der Waals surface area contributed by atoms with Gasteiger partial charge in [-0.05, 0) is 69.2 Å². The zero-order valence-corrected chi connectivity index (χ0v) is 30.9. The number of pyridine rings is 1. The van der Waals surface area contributed by atoms with E-state index < -0.39 is 34.5 Å². The first-order valence-electron chi connectivity index (χ1n) is 17.6. The van der Waals surface area contributed by atoms with Crippen LogP contribution in [0.1, 0.15) is 77.9 Å². The molecule has 1 saturated carbocycles. The van der Waals surface area contributed by atoms with Gasteiger partial charge in [0.05, 0.1) is 27.0 Å². The number of nitrogens with one attached hydrogen (secondary N) is 2. The van der Waals surface area contributed by atoms with Crippen molar-refractivity contribution in [2.24, 2.45) is 0 Å². The molecule has 14 nitrogen and oxygen atoms in total. The molecule has 0 radical (unpaired) electrons. The van der Waals surface area contributed by atoms with Gasteiger partial charge in [0.1, 0.15) is 18.7 Å². The molecular weight excluding hydrogens is 764 g/mol. The van der Waals surface area contributed by atoms with Crippen molar-refractivity contribution in [3.8, 4) is 17.1 Å². The molecule has 0 bridgehead atoms. The van der Waals surface area contributed by atoms with Crippen molar-refractivity contribution in [3.05, 3.63) is 85.4 Å². The van der Waals surface area contributed by atoms with Crippen molar-refractivity contribution in [1.29, 1.82) is 0 Å². The van der Waals surface area contributed by atoms with E-state index in [1.165, 1.54) is 6.33 Å². The maximum absolute atomic E-state index is 14.6. The predicted octanol–water partition coefficient (Wildman–Crippen LogP) is 5.98. The number of benzene rings is 1. The molecule has 55 heavy (non-hydrogen) atoms. The van der Waals surface area contributed by atoms with E-state index in [-0.39, 0.29) is 65.0 Å². The lowest BCUT2D eigenvalue weighted by atomic mass is 9.73. The fraction of sp³-hybridized carbons (Fsp3) is 0.389. The number of carbonyl (C=O) groups excluding carboxylic acids is 2. The Hall–Kier alpha value is -5.29. The number of alkyl halides is 3. The normalized spacial score (nSPS) is 17.8. The minimum absolute atomic E-state index is 0.0254. The Balaban J connectivity index is 1.18. The van der Waals surface area contributed by atoms with Gasteiger partial charge < -0.3 is 25.2 Å². The van der Waals surface area contributed by atoms with Gasteiger partial charge in [0.15, 0.2) is 17.3 Å². The molecule has 1 unspecified atom stereocenters. The van der Waals surface area contributed by atoms with E-state index >= 15 is 0 Å². The van der Waals surface area contributed by atoms with E-state index in [1.54, 1.807) is 28.7 Å². The van der Waals surface area contributed by atoms with Gasteiger partial charge >= 0.3 is 6.18 Å². The highest BCUT2D eigenvalue weighted by atomic mass is 35.5. The zero-order valence-electron chi connectivity index (χ0n) is 29.4. The van der Waals surface area contributed by atoms with E-state index in [9.17, 15) is 32.7 Å². The van der Waals surface area contributed by atoms with Gasteiger partial charge in [-0.25, -0.2) is 15.0 Å². The molecule has 1 aliphatic heterocycles. The van der Waals surface area contributed by atoms with Gasteiger partial charge in [-0.2, -0.15) is 22.7 Å². The lowest BCUT2D eigenvalue weighted by Gasteiger charge is -2.39. The molecule has 1 saturated heterocycles. The van der Waals surface area contributed by atoms with Crippen LogP contribution in [0, 0.1) is 6.92 Å². The SMILES string of the molecule is Cc1ncnc(C(=O)N2CCC3(CC2)CC(C)c2c3c(=O)n3nc(-c4cnc(NC5CC5)c(Cl)c4)nc3n2CC(=O)Nc2ccc(C(F)(F)F)cc2Cl)c1O. The molecule has 2 fully saturated rings. The molecule has 2 aliphatic carbocycles. The molecule has 8 rings (SSSR count). The Bertz CT molecular complexity index is 2460. The Labute approximate surface area is 320 Å². The van der Waals surface area contributed by atoms with Crippen LogP contribution in [-0.4, -0.2) is 75.1 Å². The largest absolute Gasteiger partial charge is 0.504 e. The van der Waals surface area contributed by atoms with Gasteiger partial charge in [0.2, 0.25) is 11.7 Å². The van der Waals surface area contributed by atoms with Gasteiger partial charge in [0, 0.05) is 47.6 Å². The molecule has 286 valence electrons. The predicted molar refractivity (Wildman–Crippen MR) is 195 cm³/mol. The molecule has 3 aliphatic rings. The number of likely N-dealkylation sites (tertiary alicyclic amines) is 1. The molecule has 5 heterocycles. The van der Waals surface area contributed by atoms with E-state index in [4.69, 9.17) is 28.2 Å². The number of amides is 2. The quantitative estimate of drug-likeness (QED) is 0.178. The lowest BCUT2D eigenvalue weighted by molar-refractivity contribution is -0.137. The molecule has 19 heteroatoms. The standard InChI is InChI=1S/C36H33Cl2F3N10O4/c1-17-13-35(7-9-49(10-8-35)33(55)27-29(53)18(2)43-16-44-27)26-28(17)50(15-25(52)46-24-6-3-20(12-22(24)37)36(39,40)41)34-47-30(48-51(34)32(26)54)19-11-23(38)31(42-14-19)45-21-4-5-21/h3,6,11-12,14,16-17,21,53H,4-5,7-10,13,15H2,1-2H3,(H,42,45)(H,46,52). The summed E-state index contributed by atoms with van der Waals surface area (Å²) < 4.78 is 42.6. The Kier molecular flexibility index (Phi) is 8.99. The second-order valence-corrected chi connectivity index (χ2v) is 15.2. The number of aryl methyl sites for hydroxylation is 1. The Morgan fingerprint density at radius 1 is 1.07 bits per heavy atom. The minimum atomic E-state index is -4.63. The third-order valence-electron chi connectivity index (χ3n) is 10.6. The summed E-state index contributed by atoms with van der Waals surface area (Å²) in [4.78, 5) is 60.4. The summed E-state index contributed by atoms with van der Waals surface area (Å²) in [5.74, 6) is -0.921. The van der Waals surface area contributed by atoms with Gasteiger partial charge in [0.25, 0.3) is 11.5 Å². The number of fused-ring (bicyclic) bond motifs is 3. The monoisotopic (exact) mass is 796 g/mol. The molecular formula is C36H33Cl2F3N10O4. The van der Waals surface area contributed by atoms with Crippen molar-refractivity contribution in [2.45, 2.75) is 76.0 Å². The van der Waals surface area contributed by atoms with Crippen LogP contribution in [0.5, 0.6) is 5.75 Å². The summed E-state index contributed by atoms with van der Waals surface area (Å²) in [6, 6.07) is 4.58.